The largest absolute Gasteiger partial charge is 0.387 e. The quantitative estimate of drug-likeness (QED) is 0.886. The van der Waals surface area contributed by atoms with Crippen LogP contribution in [0.25, 0.3) is 0 Å². The molecule has 1 N–H and O–H groups in total. The molecule has 0 amide bonds. The Morgan fingerprint density at radius 1 is 1.33 bits per heavy atom. The Bertz CT molecular complexity index is 397. The van der Waals surface area contributed by atoms with Gasteiger partial charge in [0.15, 0.2) is 0 Å². The van der Waals surface area contributed by atoms with Crippen LogP contribution in [0.4, 0.5) is 0 Å². The zero-order chi connectivity index (χ0) is 12.5. The third-order valence-electron chi connectivity index (χ3n) is 4.84. The SMILES string of the molecule is CCC1CCCCC1C(O)c1cncn1C1CC1. The fraction of sp³-hybridized carbons (Fsp3) is 0.800. The summed E-state index contributed by atoms with van der Waals surface area (Å²) in [5, 5.41) is 10.7. The van der Waals surface area contributed by atoms with Crippen molar-refractivity contribution in [1.29, 1.82) is 0 Å². The highest BCUT2D eigenvalue weighted by Gasteiger charge is 2.34. The summed E-state index contributed by atoms with van der Waals surface area (Å²) in [4.78, 5) is 4.25. The number of hydrogen-bond acceptors (Lipinski definition) is 2. The summed E-state index contributed by atoms with van der Waals surface area (Å²) in [6, 6.07) is 0.612. The van der Waals surface area contributed by atoms with Crippen molar-refractivity contribution in [2.24, 2.45) is 11.8 Å². The summed E-state index contributed by atoms with van der Waals surface area (Å²) >= 11 is 0. The van der Waals surface area contributed by atoms with Crippen LogP contribution < -0.4 is 0 Å². The van der Waals surface area contributed by atoms with E-state index in [2.05, 4.69) is 16.5 Å². The molecule has 0 aliphatic heterocycles. The molecule has 3 nitrogen and oxygen atoms in total. The Balaban J connectivity index is 1.79. The molecule has 0 aromatic carbocycles. The van der Waals surface area contributed by atoms with Gasteiger partial charge in [-0.3, -0.25) is 0 Å². The van der Waals surface area contributed by atoms with Crippen molar-refractivity contribution in [3.05, 3.63) is 18.2 Å². The van der Waals surface area contributed by atoms with Crippen LogP contribution in [0.2, 0.25) is 0 Å². The molecule has 0 bridgehead atoms. The van der Waals surface area contributed by atoms with Gasteiger partial charge in [0.2, 0.25) is 0 Å². The molecule has 1 aromatic heterocycles. The summed E-state index contributed by atoms with van der Waals surface area (Å²) in [7, 11) is 0. The molecule has 100 valence electrons. The second-order valence-corrected chi connectivity index (χ2v) is 6.02. The zero-order valence-electron chi connectivity index (χ0n) is 11.3. The van der Waals surface area contributed by atoms with Crippen molar-refractivity contribution < 1.29 is 5.11 Å². The van der Waals surface area contributed by atoms with Crippen LogP contribution >= 0.6 is 0 Å². The van der Waals surface area contributed by atoms with E-state index in [1.165, 1.54) is 44.9 Å². The van der Waals surface area contributed by atoms with E-state index in [-0.39, 0.29) is 6.10 Å². The first-order chi connectivity index (χ1) is 8.81. The highest BCUT2D eigenvalue weighted by atomic mass is 16.3. The fourth-order valence-electron chi connectivity index (χ4n) is 3.58. The molecule has 1 heterocycles. The standard InChI is InChI=1S/C15H24N2O/c1-2-11-5-3-4-6-13(11)15(18)14-9-16-10-17(14)12-7-8-12/h9-13,15,18H,2-8H2,1H3. The minimum Gasteiger partial charge on any atom is -0.387 e. The lowest BCUT2D eigenvalue weighted by Gasteiger charge is -2.34. The number of aromatic nitrogens is 2. The van der Waals surface area contributed by atoms with E-state index in [1.807, 2.05) is 12.5 Å². The third-order valence-corrected chi connectivity index (χ3v) is 4.84. The van der Waals surface area contributed by atoms with E-state index in [4.69, 9.17) is 0 Å². The first-order valence-corrected chi connectivity index (χ1v) is 7.51. The Morgan fingerprint density at radius 3 is 2.83 bits per heavy atom. The number of aliphatic hydroxyl groups is 1. The molecule has 18 heavy (non-hydrogen) atoms. The second kappa shape index (κ2) is 5.04. The van der Waals surface area contributed by atoms with Gasteiger partial charge in [0.1, 0.15) is 0 Å². The van der Waals surface area contributed by atoms with Crippen molar-refractivity contribution >= 4 is 0 Å². The molecule has 2 fully saturated rings. The monoisotopic (exact) mass is 248 g/mol. The second-order valence-electron chi connectivity index (χ2n) is 6.02. The summed E-state index contributed by atoms with van der Waals surface area (Å²) in [6.45, 7) is 2.26. The minimum absolute atomic E-state index is 0.307. The molecule has 3 unspecified atom stereocenters. The summed E-state index contributed by atoms with van der Waals surface area (Å²) in [5.41, 5.74) is 1.06. The van der Waals surface area contributed by atoms with Gasteiger partial charge in [-0.05, 0) is 31.1 Å². The predicted molar refractivity (Wildman–Crippen MR) is 71.2 cm³/mol. The van der Waals surface area contributed by atoms with E-state index in [0.717, 1.165) is 5.69 Å². The van der Waals surface area contributed by atoms with E-state index in [9.17, 15) is 5.11 Å². The van der Waals surface area contributed by atoms with Gasteiger partial charge in [-0.2, -0.15) is 0 Å². The number of imidazole rings is 1. The van der Waals surface area contributed by atoms with Crippen LogP contribution in [-0.2, 0) is 0 Å². The van der Waals surface area contributed by atoms with E-state index >= 15 is 0 Å². The Labute approximate surface area is 109 Å². The van der Waals surface area contributed by atoms with E-state index < -0.39 is 0 Å². The van der Waals surface area contributed by atoms with Crippen molar-refractivity contribution in [3.8, 4) is 0 Å². The van der Waals surface area contributed by atoms with Crippen molar-refractivity contribution in [3.63, 3.8) is 0 Å². The maximum atomic E-state index is 10.7. The highest BCUT2D eigenvalue weighted by Crippen LogP contribution is 2.43. The fourth-order valence-corrected chi connectivity index (χ4v) is 3.58. The topological polar surface area (TPSA) is 38.1 Å². The van der Waals surface area contributed by atoms with Crippen molar-refractivity contribution in [2.45, 2.75) is 64.0 Å². The normalized spacial score (nSPS) is 30.3. The smallest absolute Gasteiger partial charge is 0.0986 e. The Morgan fingerprint density at radius 2 is 2.11 bits per heavy atom. The van der Waals surface area contributed by atoms with Crippen LogP contribution in [-0.4, -0.2) is 14.7 Å². The lowest BCUT2D eigenvalue weighted by atomic mass is 9.74. The molecular weight excluding hydrogens is 224 g/mol. The molecule has 0 spiro atoms. The summed E-state index contributed by atoms with van der Waals surface area (Å²) < 4.78 is 2.21. The molecule has 1 aromatic rings. The van der Waals surface area contributed by atoms with Crippen LogP contribution in [0.1, 0.15) is 69.7 Å². The molecule has 2 aliphatic rings. The van der Waals surface area contributed by atoms with Gasteiger partial charge < -0.3 is 9.67 Å². The molecule has 3 atom stereocenters. The van der Waals surface area contributed by atoms with Crippen LogP contribution in [0.5, 0.6) is 0 Å². The van der Waals surface area contributed by atoms with Gasteiger partial charge in [-0.15, -0.1) is 0 Å². The van der Waals surface area contributed by atoms with Crippen LogP contribution in [0.15, 0.2) is 12.5 Å². The number of rotatable bonds is 4. The van der Waals surface area contributed by atoms with Gasteiger partial charge in [0, 0.05) is 6.04 Å². The maximum Gasteiger partial charge on any atom is 0.0986 e. The lowest BCUT2D eigenvalue weighted by Crippen LogP contribution is -2.26. The molecule has 3 heteroatoms. The van der Waals surface area contributed by atoms with Crippen molar-refractivity contribution in [2.75, 3.05) is 0 Å². The van der Waals surface area contributed by atoms with Crippen LogP contribution in [0, 0.1) is 11.8 Å². The summed E-state index contributed by atoms with van der Waals surface area (Å²) in [5.74, 6) is 1.13. The van der Waals surface area contributed by atoms with Gasteiger partial charge in [-0.25, -0.2) is 4.98 Å². The maximum absolute atomic E-state index is 10.7. The molecule has 3 rings (SSSR count). The first-order valence-electron chi connectivity index (χ1n) is 7.51. The lowest BCUT2D eigenvalue weighted by molar-refractivity contribution is 0.0396. The number of hydrogen-bond donors (Lipinski definition) is 1. The molecule has 2 aliphatic carbocycles. The Hall–Kier alpha value is -0.830. The van der Waals surface area contributed by atoms with Gasteiger partial charge in [0.05, 0.1) is 24.3 Å². The first kappa shape index (κ1) is 12.2. The van der Waals surface area contributed by atoms with Crippen LogP contribution in [0.3, 0.4) is 0 Å². The van der Waals surface area contributed by atoms with Crippen molar-refractivity contribution in [1.82, 2.24) is 9.55 Å². The molecular formula is C15H24N2O. The third kappa shape index (κ3) is 2.20. The van der Waals surface area contributed by atoms with E-state index in [1.54, 1.807) is 0 Å². The molecule has 0 radical (unpaired) electrons. The zero-order valence-corrected chi connectivity index (χ0v) is 11.3. The molecule has 2 saturated carbocycles. The van der Waals surface area contributed by atoms with E-state index in [0.29, 0.717) is 17.9 Å². The van der Waals surface area contributed by atoms with Gasteiger partial charge in [-0.1, -0.05) is 32.6 Å². The Kier molecular flexibility index (Phi) is 3.42. The summed E-state index contributed by atoms with van der Waals surface area (Å²) in [6.07, 6.45) is 12.2. The molecule has 0 saturated heterocycles. The number of nitrogens with zero attached hydrogens (tertiary/aromatic N) is 2. The minimum atomic E-state index is -0.307. The average Bonchev–Trinajstić information content (AvgIpc) is 3.15. The highest BCUT2D eigenvalue weighted by molar-refractivity contribution is 5.09. The van der Waals surface area contributed by atoms with Gasteiger partial charge in [0.25, 0.3) is 0 Å². The number of aliphatic hydroxyl groups excluding tert-OH is 1. The average molecular weight is 248 g/mol. The van der Waals surface area contributed by atoms with Gasteiger partial charge >= 0.3 is 0 Å². The predicted octanol–water partition coefficient (Wildman–Crippen LogP) is 3.47.